The summed E-state index contributed by atoms with van der Waals surface area (Å²) in [5, 5.41) is 0. The van der Waals surface area contributed by atoms with Gasteiger partial charge in [0.2, 0.25) is 0 Å². The number of hydrogen-bond acceptors (Lipinski definition) is 5. The first kappa shape index (κ1) is 17.3. The first-order valence-corrected chi connectivity index (χ1v) is 9.43. The third-order valence-corrected chi connectivity index (χ3v) is 6.04. The van der Waals surface area contributed by atoms with Gasteiger partial charge in [0.15, 0.2) is 0 Å². The van der Waals surface area contributed by atoms with Crippen molar-refractivity contribution < 1.29 is 23.1 Å². The van der Waals surface area contributed by atoms with Crippen molar-refractivity contribution in [3.8, 4) is 0 Å². The van der Waals surface area contributed by atoms with E-state index >= 15 is 0 Å². The average molecular weight is 329 g/mol. The second-order valence-electron chi connectivity index (χ2n) is 5.27. The summed E-state index contributed by atoms with van der Waals surface area (Å²) in [4.78, 5) is 11.9. The maximum absolute atomic E-state index is 12.8. The summed E-state index contributed by atoms with van der Waals surface area (Å²) in [6, 6.07) is 1.77. The Bertz CT molecular complexity index is 558. The van der Waals surface area contributed by atoms with Crippen LogP contribution in [0.2, 0.25) is 0 Å². The van der Waals surface area contributed by atoms with Crippen LogP contribution in [0.25, 0.3) is 0 Å². The largest absolute Gasteiger partial charge is 0.465 e. The zero-order valence-corrected chi connectivity index (χ0v) is 14.3. The first-order chi connectivity index (χ1) is 10.5. The van der Waals surface area contributed by atoms with Gasteiger partial charge in [0.05, 0.1) is 32.0 Å². The Hall–Kier alpha value is -1.10. The highest BCUT2D eigenvalue weighted by Gasteiger charge is 2.34. The second-order valence-corrected chi connectivity index (χ2v) is 7.37. The third-order valence-electron chi connectivity index (χ3n) is 3.85. The van der Waals surface area contributed by atoms with Crippen molar-refractivity contribution in [2.24, 2.45) is 0 Å². The van der Waals surface area contributed by atoms with Crippen LogP contribution in [0.4, 0.5) is 0 Å². The van der Waals surface area contributed by atoms with Crippen LogP contribution in [0.1, 0.15) is 48.7 Å². The molecule has 0 radical (unpaired) electrons. The fraction of sp³-hybridized carbons (Fsp3) is 0.667. The molecule has 0 amide bonds. The molecule has 0 aromatic carbocycles. The van der Waals surface area contributed by atoms with Crippen molar-refractivity contribution in [2.45, 2.75) is 39.2 Å². The molecule has 22 heavy (non-hydrogen) atoms. The van der Waals surface area contributed by atoms with Gasteiger partial charge in [0, 0.05) is 24.4 Å². The Balaban J connectivity index is 2.29. The molecule has 0 saturated heterocycles. The molecule has 0 aliphatic carbocycles. The lowest BCUT2D eigenvalue weighted by molar-refractivity contribution is 0.0598. The molecule has 2 rings (SSSR count). The summed E-state index contributed by atoms with van der Waals surface area (Å²) in [6.45, 7) is 5.14. The van der Waals surface area contributed by atoms with E-state index in [9.17, 15) is 9.36 Å². The first-order valence-electron chi connectivity index (χ1n) is 7.70. The number of hydrogen-bond donors (Lipinski definition) is 0. The number of aromatic nitrogens is 1. The van der Waals surface area contributed by atoms with Gasteiger partial charge in [-0.25, -0.2) is 4.79 Å². The number of carbonyl (C=O) groups is 1. The van der Waals surface area contributed by atoms with Crippen LogP contribution in [0, 0.1) is 0 Å². The Morgan fingerprint density at radius 1 is 1.36 bits per heavy atom. The van der Waals surface area contributed by atoms with Crippen LogP contribution in [0.15, 0.2) is 12.3 Å². The van der Waals surface area contributed by atoms with Gasteiger partial charge >= 0.3 is 13.6 Å². The van der Waals surface area contributed by atoms with Crippen molar-refractivity contribution in [1.29, 1.82) is 0 Å². The minimum absolute atomic E-state index is 0.0261. The molecule has 1 aromatic heterocycles. The minimum atomic E-state index is -3.14. The highest BCUT2D eigenvalue weighted by atomic mass is 31.2. The molecular formula is C15H24NO5P. The molecule has 1 aromatic rings. The Morgan fingerprint density at radius 3 is 2.64 bits per heavy atom. The van der Waals surface area contributed by atoms with E-state index in [1.165, 1.54) is 7.11 Å². The lowest BCUT2D eigenvalue weighted by Gasteiger charge is -2.28. The Labute approximate surface area is 131 Å². The zero-order chi connectivity index (χ0) is 16.2. The molecule has 6 nitrogen and oxygen atoms in total. The number of ether oxygens (including phenoxy) is 1. The average Bonchev–Trinajstić information content (AvgIpc) is 2.92. The van der Waals surface area contributed by atoms with E-state index in [1.54, 1.807) is 19.9 Å². The van der Waals surface area contributed by atoms with Gasteiger partial charge in [-0.15, -0.1) is 0 Å². The van der Waals surface area contributed by atoms with E-state index in [4.69, 9.17) is 13.8 Å². The van der Waals surface area contributed by atoms with E-state index in [1.807, 2.05) is 10.8 Å². The molecule has 1 aliphatic heterocycles. The lowest BCUT2D eigenvalue weighted by atomic mass is 9.95. The highest BCUT2D eigenvalue weighted by Crippen LogP contribution is 2.53. The van der Waals surface area contributed by atoms with Gasteiger partial charge in [-0.2, -0.15) is 0 Å². The number of aryl methyl sites for hydroxylation is 1. The monoisotopic (exact) mass is 329 g/mol. The summed E-state index contributed by atoms with van der Waals surface area (Å²) in [7, 11) is -1.77. The normalized spacial score (nSPS) is 18.0. The van der Waals surface area contributed by atoms with Crippen molar-refractivity contribution in [3.05, 3.63) is 23.5 Å². The maximum atomic E-state index is 12.8. The fourth-order valence-electron chi connectivity index (χ4n) is 3.05. The van der Waals surface area contributed by atoms with Crippen LogP contribution in [0.3, 0.4) is 0 Å². The van der Waals surface area contributed by atoms with E-state index in [2.05, 4.69) is 0 Å². The van der Waals surface area contributed by atoms with Crippen molar-refractivity contribution in [3.63, 3.8) is 0 Å². The maximum Gasteiger partial charge on any atom is 0.339 e. The minimum Gasteiger partial charge on any atom is -0.465 e. The predicted molar refractivity (Wildman–Crippen MR) is 83.5 cm³/mol. The Kier molecular flexibility index (Phi) is 5.84. The van der Waals surface area contributed by atoms with Crippen LogP contribution in [-0.4, -0.2) is 37.0 Å². The molecule has 0 spiro atoms. The van der Waals surface area contributed by atoms with Crippen molar-refractivity contribution >= 4 is 13.6 Å². The smallest absolute Gasteiger partial charge is 0.339 e. The summed E-state index contributed by atoms with van der Waals surface area (Å²) >= 11 is 0. The number of carbonyl (C=O) groups excluding carboxylic acids is 1. The molecule has 0 saturated carbocycles. The quantitative estimate of drug-likeness (QED) is 0.566. The van der Waals surface area contributed by atoms with Crippen LogP contribution >= 0.6 is 7.60 Å². The van der Waals surface area contributed by atoms with Gasteiger partial charge in [0.25, 0.3) is 0 Å². The lowest BCUT2D eigenvalue weighted by Crippen LogP contribution is -2.21. The number of rotatable bonds is 7. The third kappa shape index (κ3) is 3.62. The van der Waals surface area contributed by atoms with Crippen molar-refractivity contribution in [1.82, 2.24) is 4.57 Å². The second kappa shape index (κ2) is 7.44. The summed E-state index contributed by atoms with van der Waals surface area (Å²) < 4.78 is 30.5. The number of nitrogens with zero attached hydrogens (tertiary/aromatic N) is 1. The molecule has 124 valence electrons. The zero-order valence-electron chi connectivity index (χ0n) is 13.4. The van der Waals surface area contributed by atoms with Gasteiger partial charge < -0.3 is 18.4 Å². The van der Waals surface area contributed by atoms with Gasteiger partial charge in [-0.1, -0.05) is 0 Å². The molecule has 1 aliphatic rings. The number of fused-ring (bicyclic) bond motifs is 1. The SMILES string of the molecule is CCOP(=O)(CC1CCCn2ccc(C(=O)OC)c21)OCC. The van der Waals surface area contributed by atoms with Gasteiger partial charge in [0.1, 0.15) is 0 Å². The molecular weight excluding hydrogens is 305 g/mol. The summed E-state index contributed by atoms with van der Waals surface area (Å²) in [5.41, 5.74) is 1.43. The molecule has 1 unspecified atom stereocenters. The van der Waals surface area contributed by atoms with Crippen molar-refractivity contribution in [2.75, 3.05) is 26.5 Å². The molecule has 0 bridgehead atoms. The van der Waals surface area contributed by atoms with Gasteiger partial charge in [-0.3, -0.25) is 4.57 Å². The highest BCUT2D eigenvalue weighted by molar-refractivity contribution is 7.53. The predicted octanol–water partition coefficient (Wildman–Crippen LogP) is 3.42. The Morgan fingerprint density at radius 2 is 2.05 bits per heavy atom. The molecule has 0 fully saturated rings. The van der Waals surface area contributed by atoms with E-state index in [-0.39, 0.29) is 11.9 Å². The molecule has 7 heteroatoms. The number of methoxy groups -OCH3 is 1. The molecule has 1 atom stereocenters. The van der Waals surface area contributed by atoms with E-state index in [0.29, 0.717) is 24.9 Å². The standard InChI is InChI=1S/C15H24NO5P/c1-4-20-22(18,21-5-2)11-12-7-6-9-16-10-8-13(14(12)16)15(17)19-3/h8,10,12H,4-7,9,11H2,1-3H3. The fourth-order valence-corrected chi connectivity index (χ4v) is 5.01. The summed E-state index contributed by atoms with van der Waals surface area (Å²) in [6.07, 6.45) is 4.02. The van der Waals surface area contributed by atoms with Gasteiger partial charge in [-0.05, 0) is 32.8 Å². The summed E-state index contributed by atoms with van der Waals surface area (Å²) in [5.74, 6) is -0.384. The number of esters is 1. The molecule has 2 heterocycles. The topological polar surface area (TPSA) is 66.8 Å². The van der Waals surface area contributed by atoms with Crippen LogP contribution in [0.5, 0.6) is 0 Å². The van der Waals surface area contributed by atoms with Crippen LogP contribution in [-0.2, 0) is 24.9 Å². The van der Waals surface area contributed by atoms with E-state index < -0.39 is 7.60 Å². The van der Waals surface area contributed by atoms with E-state index in [0.717, 1.165) is 25.1 Å². The van der Waals surface area contributed by atoms with Crippen LogP contribution < -0.4 is 0 Å². The molecule has 0 N–H and O–H groups in total.